The van der Waals surface area contributed by atoms with E-state index in [0.29, 0.717) is 16.2 Å². The van der Waals surface area contributed by atoms with E-state index in [-0.39, 0.29) is 24.7 Å². The highest BCUT2D eigenvalue weighted by Crippen LogP contribution is 2.36. The summed E-state index contributed by atoms with van der Waals surface area (Å²) in [7, 11) is 1.30. The maximum absolute atomic E-state index is 12.1. The molecule has 0 radical (unpaired) electrons. The molecule has 1 aliphatic rings. The molecule has 1 N–H and O–H groups in total. The van der Waals surface area contributed by atoms with Crippen LogP contribution in [0.3, 0.4) is 0 Å². The van der Waals surface area contributed by atoms with Crippen molar-refractivity contribution in [1.82, 2.24) is 5.32 Å². The number of benzene rings is 1. The zero-order valence-electron chi connectivity index (χ0n) is 14.4. The van der Waals surface area contributed by atoms with Gasteiger partial charge in [-0.2, -0.15) is 5.26 Å². The Kier molecular flexibility index (Phi) is 6.81. The van der Waals surface area contributed by atoms with Crippen LogP contribution in [0.5, 0.6) is 0 Å². The molecule has 0 saturated carbocycles. The molecule has 1 atom stereocenters. The lowest BCUT2D eigenvalue weighted by atomic mass is 9.87. The summed E-state index contributed by atoms with van der Waals surface area (Å²) in [5.41, 5.74) is 1.50. The Hall–Kier alpha value is -2.79. The quantitative estimate of drug-likeness (QED) is 0.760. The maximum Gasteiger partial charge on any atom is 0.337 e. The predicted octanol–water partition coefficient (Wildman–Crippen LogP) is 2.11. The van der Waals surface area contributed by atoms with Crippen LogP contribution in [0.15, 0.2) is 34.9 Å². The smallest absolute Gasteiger partial charge is 0.337 e. The molecule has 0 saturated heterocycles. The molecule has 2 rings (SSSR count). The highest BCUT2D eigenvalue weighted by Gasteiger charge is 2.30. The van der Waals surface area contributed by atoms with Crippen molar-refractivity contribution >= 4 is 29.6 Å². The van der Waals surface area contributed by atoms with Crippen LogP contribution >= 0.6 is 11.8 Å². The van der Waals surface area contributed by atoms with Crippen molar-refractivity contribution in [3.05, 3.63) is 46.0 Å². The van der Waals surface area contributed by atoms with E-state index in [9.17, 15) is 19.6 Å². The van der Waals surface area contributed by atoms with Crippen LogP contribution in [-0.2, 0) is 19.1 Å². The lowest BCUT2D eigenvalue weighted by molar-refractivity contribution is -0.139. The Balaban J connectivity index is 2.27. The highest BCUT2D eigenvalue weighted by molar-refractivity contribution is 8.03. The van der Waals surface area contributed by atoms with E-state index in [2.05, 4.69) is 16.1 Å². The molecule has 7 nitrogen and oxygen atoms in total. The normalized spacial score (nSPS) is 16.5. The molecule has 0 aliphatic carbocycles. The molecule has 1 aliphatic heterocycles. The van der Waals surface area contributed by atoms with Gasteiger partial charge in [-0.25, -0.2) is 4.79 Å². The number of hydrogen-bond acceptors (Lipinski definition) is 7. The first-order valence-corrected chi connectivity index (χ1v) is 8.89. The molecule has 0 fully saturated rings. The van der Waals surface area contributed by atoms with Crippen LogP contribution in [0.25, 0.3) is 0 Å². The number of carbonyl (C=O) groups excluding carboxylic acids is 3. The molecule has 1 amide bonds. The Labute approximate surface area is 155 Å². The van der Waals surface area contributed by atoms with E-state index in [4.69, 9.17) is 4.74 Å². The SMILES string of the molecule is CCOC(=O)CSC1=C(C#N)[C@@H](c2ccc(C(=O)OC)cc2)CC(=O)N1. The third-order valence-corrected chi connectivity index (χ3v) is 4.72. The number of methoxy groups -OCH3 is 1. The topological polar surface area (TPSA) is 105 Å². The fourth-order valence-electron chi connectivity index (χ4n) is 2.52. The number of ether oxygens (including phenoxy) is 2. The summed E-state index contributed by atoms with van der Waals surface area (Å²) in [6.45, 7) is 1.98. The number of nitrogens with one attached hydrogen (secondary N) is 1. The molecule has 0 aromatic heterocycles. The lowest BCUT2D eigenvalue weighted by Crippen LogP contribution is -2.31. The van der Waals surface area contributed by atoms with Gasteiger partial charge in [-0.1, -0.05) is 23.9 Å². The van der Waals surface area contributed by atoms with Gasteiger partial charge < -0.3 is 14.8 Å². The van der Waals surface area contributed by atoms with Gasteiger partial charge in [0.25, 0.3) is 0 Å². The van der Waals surface area contributed by atoms with E-state index in [1.54, 1.807) is 31.2 Å². The van der Waals surface area contributed by atoms with Crippen molar-refractivity contribution < 1.29 is 23.9 Å². The molecule has 136 valence electrons. The van der Waals surface area contributed by atoms with Crippen molar-refractivity contribution in [2.45, 2.75) is 19.3 Å². The predicted molar refractivity (Wildman–Crippen MR) is 95.0 cm³/mol. The molecule has 1 heterocycles. The van der Waals surface area contributed by atoms with Gasteiger partial charge in [-0.05, 0) is 24.6 Å². The summed E-state index contributed by atoms with van der Waals surface area (Å²) in [6.07, 6.45) is 0.115. The molecule has 0 unspecified atom stereocenters. The first-order valence-electron chi connectivity index (χ1n) is 7.91. The van der Waals surface area contributed by atoms with Gasteiger partial charge in [-0.15, -0.1) is 0 Å². The Morgan fingerprint density at radius 2 is 2.04 bits per heavy atom. The summed E-state index contributed by atoms with van der Waals surface area (Å²) in [4.78, 5) is 35.1. The Morgan fingerprint density at radius 1 is 1.35 bits per heavy atom. The average Bonchev–Trinajstić information content (AvgIpc) is 2.65. The molecule has 0 bridgehead atoms. The van der Waals surface area contributed by atoms with Gasteiger partial charge in [0.05, 0.1) is 41.7 Å². The first kappa shape index (κ1) is 19.5. The molecule has 1 aromatic carbocycles. The van der Waals surface area contributed by atoms with Gasteiger partial charge in [-0.3, -0.25) is 9.59 Å². The Bertz CT molecular complexity index is 780. The number of amides is 1. The molecular weight excluding hydrogens is 356 g/mol. The van der Waals surface area contributed by atoms with Crippen LogP contribution in [0, 0.1) is 11.3 Å². The number of rotatable bonds is 6. The number of nitrogens with zero attached hydrogens (tertiary/aromatic N) is 1. The van der Waals surface area contributed by atoms with Gasteiger partial charge in [0.1, 0.15) is 0 Å². The van der Waals surface area contributed by atoms with Crippen molar-refractivity contribution in [2.24, 2.45) is 0 Å². The van der Waals surface area contributed by atoms with Crippen LogP contribution in [-0.4, -0.2) is 37.3 Å². The fourth-order valence-corrected chi connectivity index (χ4v) is 3.40. The standard InChI is InChI=1S/C18H18N2O5S/c1-3-25-16(22)10-26-17-14(9-19)13(8-15(21)20-17)11-4-6-12(7-5-11)18(23)24-2/h4-7,13H,3,8,10H2,1-2H3,(H,20,21)/t13-/m1/s1. The largest absolute Gasteiger partial charge is 0.465 e. The molecule has 8 heteroatoms. The van der Waals surface area contributed by atoms with Gasteiger partial charge in [0, 0.05) is 12.3 Å². The number of esters is 2. The van der Waals surface area contributed by atoms with E-state index in [1.807, 2.05) is 0 Å². The third kappa shape index (κ3) is 4.64. The molecular formula is C18H18N2O5S. The van der Waals surface area contributed by atoms with E-state index in [0.717, 1.165) is 17.3 Å². The second-order valence-electron chi connectivity index (χ2n) is 5.37. The van der Waals surface area contributed by atoms with Crippen molar-refractivity contribution in [1.29, 1.82) is 5.26 Å². The summed E-state index contributed by atoms with van der Waals surface area (Å²) in [6, 6.07) is 8.70. The van der Waals surface area contributed by atoms with Gasteiger partial charge in [0.2, 0.25) is 5.91 Å². The van der Waals surface area contributed by atoms with Crippen LogP contribution in [0.2, 0.25) is 0 Å². The van der Waals surface area contributed by atoms with E-state index >= 15 is 0 Å². The second kappa shape index (κ2) is 9.06. The minimum Gasteiger partial charge on any atom is -0.465 e. The number of nitriles is 1. The molecule has 1 aromatic rings. The monoisotopic (exact) mass is 374 g/mol. The second-order valence-corrected chi connectivity index (χ2v) is 6.35. The summed E-state index contributed by atoms with van der Waals surface area (Å²) < 4.78 is 9.52. The number of thioether (sulfide) groups is 1. The van der Waals surface area contributed by atoms with Crippen molar-refractivity contribution in [3.8, 4) is 6.07 Å². The summed E-state index contributed by atoms with van der Waals surface area (Å²) in [5.74, 6) is -1.55. The summed E-state index contributed by atoms with van der Waals surface area (Å²) >= 11 is 1.07. The third-order valence-electron chi connectivity index (χ3n) is 3.73. The highest BCUT2D eigenvalue weighted by atomic mass is 32.2. The van der Waals surface area contributed by atoms with Gasteiger partial charge >= 0.3 is 11.9 Å². The zero-order chi connectivity index (χ0) is 19.1. The molecule has 26 heavy (non-hydrogen) atoms. The van der Waals surface area contributed by atoms with Crippen LogP contribution < -0.4 is 5.32 Å². The lowest BCUT2D eigenvalue weighted by Gasteiger charge is -2.25. The summed E-state index contributed by atoms with van der Waals surface area (Å²) in [5, 5.41) is 12.6. The van der Waals surface area contributed by atoms with Crippen molar-refractivity contribution in [3.63, 3.8) is 0 Å². The fraction of sp³-hybridized carbons (Fsp3) is 0.333. The van der Waals surface area contributed by atoms with E-state index < -0.39 is 17.9 Å². The number of hydrogen-bond donors (Lipinski definition) is 1. The van der Waals surface area contributed by atoms with Crippen molar-refractivity contribution in [2.75, 3.05) is 19.5 Å². The number of carbonyl (C=O) groups is 3. The van der Waals surface area contributed by atoms with Crippen LogP contribution in [0.4, 0.5) is 0 Å². The van der Waals surface area contributed by atoms with Crippen LogP contribution in [0.1, 0.15) is 35.2 Å². The van der Waals surface area contributed by atoms with Gasteiger partial charge in [0.15, 0.2) is 0 Å². The molecule has 0 spiro atoms. The minimum absolute atomic E-state index is 0.00261. The average molecular weight is 374 g/mol. The number of allylic oxidation sites excluding steroid dienone is 1. The maximum atomic E-state index is 12.1. The Morgan fingerprint density at radius 3 is 2.62 bits per heavy atom. The first-order chi connectivity index (χ1) is 12.5. The zero-order valence-corrected chi connectivity index (χ0v) is 15.2. The minimum atomic E-state index is -0.459. The van der Waals surface area contributed by atoms with E-state index in [1.165, 1.54) is 7.11 Å².